The summed E-state index contributed by atoms with van der Waals surface area (Å²) >= 11 is 0. The minimum atomic E-state index is -3.92. The Kier molecular flexibility index (Phi) is 7.07. The van der Waals surface area contributed by atoms with Crippen molar-refractivity contribution in [3.63, 3.8) is 0 Å². The van der Waals surface area contributed by atoms with E-state index in [1.807, 2.05) is 60.7 Å². The van der Waals surface area contributed by atoms with E-state index in [0.717, 1.165) is 21.7 Å². The molecular weight excluding hydrogens is 415 g/mol. The molecule has 0 aromatic heterocycles. The van der Waals surface area contributed by atoms with E-state index in [2.05, 4.69) is 0 Å². The minimum absolute atomic E-state index is 0.148. The molecule has 0 radical (unpaired) electrons. The molecule has 0 unspecified atom stereocenters. The molecule has 0 heterocycles. The van der Waals surface area contributed by atoms with Crippen molar-refractivity contribution in [2.24, 2.45) is 0 Å². The van der Waals surface area contributed by atoms with Gasteiger partial charge in [0.2, 0.25) is 15.9 Å². The van der Waals surface area contributed by atoms with Gasteiger partial charge in [-0.15, -0.1) is 0 Å². The second-order valence-corrected chi connectivity index (χ2v) is 9.21. The molecule has 0 bridgehead atoms. The number of halogens is 1. The lowest BCUT2D eigenvalue weighted by Gasteiger charge is -2.33. The van der Waals surface area contributed by atoms with Crippen LogP contribution < -0.4 is 4.31 Å². The summed E-state index contributed by atoms with van der Waals surface area (Å²) in [5.41, 5.74) is 1.68. The Bertz CT molecular complexity index is 1080. The van der Waals surface area contributed by atoms with E-state index in [9.17, 15) is 17.6 Å². The maximum Gasteiger partial charge on any atom is 0.246 e. The average Bonchev–Trinajstić information content (AvgIpc) is 2.75. The number of sulfonamides is 1. The van der Waals surface area contributed by atoms with Gasteiger partial charge >= 0.3 is 0 Å². The Morgan fingerprint density at radius 3 is 1.74 bits per heavy atom. The van der Waals surface area contributed by atoms with Crippen LogP contribution in [0.1, 0.15) is 18.1 Å². The van der Waals surface area contributed by atoms with Crippen LogP contribution in [0.15, 0.2) is 84.9 Å². The van der Waals surface area contributed by atoms with Gasteiger partial charge < -0.3 is 4.90 Å². The van der Waals surface area contributed by atoms with Crippen LogP contribution in [0.2, 0.25) is 0 Å². The van der Waals surface area contributed by atoms with E-state index in [-0.39, 0.29) is 5.69 Å². The van der Waals surface area contributed by atoms with Crippen molar-refractivity contribution in [1.82, 2.24) is 4.90 Å². The summed E-state index contributed by atoms with van der Waals surface area (Å²) in [7, 11) is -3.92. The Labute approximate surface area is 182 Å². The summed E-state index contributed by atoms with van der Waals surface area (Å²) < 4.78 is 40.4. The fourth-order valence-electron chi connectivity index (χ4n) is 3.49. The number of para-hydroxylation sites is 1. The quantitative estimate of drug-likeness (QED) is 0.527. The van der Waals surface area contributed by atoms with Crippen LogP contribution >= 0.6 is 0 Å². The average molecular weight is 441 g/mol. The molecule has 0 aliphatic carbocycles. The summed E-state index contributed by atoms with van der Waals surface area (Å²) in [5.74, 6) is -1.12. The van der Waals surface area contributed by atoms with Crippen molar-refractivity contribution >= 4 is 21.6 Å². The number of nitrogens with zero attached hydrogens (tertiary/aromatic N) is 2. The fourth-order valence-corrected chi connectivity index (χ4v) is 4.66. The Hall–Kier alpha value is -3.19. The summed E-state index contributed by atoms with van der Waals surface area (Å²) in [6, 6.07) is 23.3. The molecule has 7 heteroatoms. The Morgan fingerprint density at radius 2 is 1.29 bits per heavy atom. The van der Waals surface area contributed by atoms with Crippen LogP contribution in [0, 0.1) is 5.82 Å². The molecular formula is C24H25FN2O3S. The third kappa shape index (κ3) is 5.70. The van der Waals surface area contributed by atoms with Gasteiger partial charge in [0, 0.05) is 13.1 Å². The lowest BCUT2D eigenvalue weighted by molar-refractivity contribution is -0.133. The van der Waals surface area contributed by atoms with Gasteiger partial charge in [0.25, 0.3) is 0 Å². The van der Waals surface area contributed by atoms with Crippen LogP contribution in [0.3, 0.4) is 0 Å². The van der Waals surface area contributed by atoms with Crippen molar-refractivity contribution in [2.45, 2.75) is 26.1 Å². The van der Waals surface area contributed by atoms with Gasteiger partial charge in [-0.2, -0.15) is 0 Å². The normalized spacial score (nSPS) is 12.2. The highest BCUT2D eigenvalue weighted by atomic mass is 32.2. The highest BCUT2D eigenvalue weighted by molar-refractivity contribution is 7.92. The third-order valence-electron chi connectivity index (χ3n) is 4.90. The number of benzene rings is 3. The molecule has 0 spiro atoms. The first-order valence-corrected chi connectivity index (χ1v) is 11.7. The SMILES string of the molecule is C[C@H](C(=O)N(Cc1ccccc1)Cc1ccccc1)N(c1ccccc1F)S(C)(=O)=O. The zero-order chi connectivity index (χ0) is 22.4. The lowest BCUT2D eigenvalue weighted by atomic mass is 10.1. The van der Waals surface area contributed by atoms with E-state index < -0.39 is 27.8 Å². The molecule has 0 aliphatic heterocycles. The van der Waals surface area contributed by atoms with Crippen LogP contribution in [-0.2, 0) is 27.9 Å². The fraction of sp³-hybridized carbons (Fsp3) is 0.208. The van der Waals surface area contributed by atoms with Gasteiger partial charge in [0.15, 0.2) is 0 Å². The van der Waals surface area contributed by atoms with Crippen LogP contribution in [0.5, 0.6) is 0 Å². The predicted octanol–water partition coefficient (Wildman–Crippen LogP) is 4.21. The lowest BCUT2D eigenvalue weighted by Crippen LogP contribution is -2.49. The second kappa shape index (κ2) is 9.75. The van der Waals surface area contributed by atoms with Crippen molar-refractivity contribution in [3.05, 3.63) is 102 Å². The number of carbonyl (C=O) groups is 1. The van der Waals surface area contributed by atoms with Gasteiger partial charge in [-0.1, -0.05) is 72.8 Å². The number of hydrogen-bond acceptors (Lipinski definition) is 3. The number of hydrogen-bond donors (Lipinski definition) is 0. The first-order valence-electron chi connectivity index (χ1n) is 9.88. The monoisotopic (exact) mass is 440 g/mol. The van der Waals surface area contributed by atoms with Gasteiger partial charge in [0.1, 0.15) is 11.9 Å². The minimum Gasteiger partial charge on any atom is -0.332 e. The van der Waals surface area contributed by atoms with Gasteiger partial charge in [-0.25, -0.2) is 12.8 Å². The number of rotatable bonds is 8. The third-order valence-corrected chi connectivity index (χ3v) is 6.13. The zero-order valence-electron chi connectivity index (χ0n) is 17.5. The molecule has 1 amide bonds. The van der Waals surface area contributed by atoms with E-state index in [4.69, 9.17) is 0 Å². The maximum atomic E-state index is 14.5. The van der Waals surface area contributed by atoms with E-state index >= 15 is 0 Å². The molecule has 3 aromatic rings. The van der Waals surface area contributed by atoms with Crippen LogP contribution in [0.4, 0.5) is 10.1 Å². The molecule has 0 fully saturated rings. The molecule has 3 aromatic carbocycles. The van der Waals surface area contributed by atoms with Crippen molar-refractivity contribution < 1.29 is 17.6 Å². The molecule has 1 atom stereocenters. The molecule has 0 N–H and O–H groups in total. The zero-order valence-corrected chi connectivity index (χ0v) is 18.3. The highest BCUT2D eigenvalue weighted by Gasteiger charge is 2.33. The Morgan fingerprint density at radius 1 is 0.839 bits per heavy atom. The van der Waals surface area contributed by atoms with Crippen LogP contribution in [0.25, 0.3) is 0 Å². The van der Waals surface area contributed by atoms with Crippen molar-refractivity contribution in [3.8, 4) is 0 Å². The molecule has 3 rings (SSSR count). The summed E-state index contributed by atoms with van der Waals surface area (Å²) in [5, 5.41) is 0. The molecule has 5 nitrogen and oxygen atoms in total. The van der Waals surface area contributed by atoms with Crippen molar-refractivity contribution in [2.75, 3.05) is 10.6 Å². The molecule has 0 aliphatic rings. The molecule has 0 saturated heterocycles. The van der Waals surface area contributed by atoms with Gasteiger partial charge in [-0.05, 0) is 30.2 Å². The predicted molar refractivity (Wildman–Crippen MR) is 120 cm³/mol. The summed E-state index contributed by atoms with van der Waals surface area (Å²) in [6.07, 6.45) is 0.974. The topological polar surface area (TPSA) is 57.7 Å². The second-order valence-electron chi connectivity index (χ2n) is 7.35. The van der Waals surface area contributed by atoms with E-state index in [1.54, 1.807) is 11.0 Å². The largest absolute Gasteiger partial charge is 0.332 e. The molecule has 0 saturated carbocycles. The Balaban J connectivity index is 1.96. The first kappa shape index (κ1) is 22.5. The highest BCUT2D eigenvalue weighted by Crippen LogP contribution is 2.25. The molecule has 31 heavy (non-hydrogen) atoms. The number of anilines is 1. The summed E-state index contributed by atoms with van der Waals surface area (Å²) in [4.78, 5) is 15.1. The first-order chi connectivity index (χ1) is 14.8. The summed E-state index contributed by atoms with van der Waals surface area (Å²) in [6.45, 7) is 2.08. The standard InChI is InChI=1S/C24H25FN2O3S/c1-19(27(31(2,29)30)23-16-10-9-15-22(23)25)24(28)26(17-20-11-5-3-6-12-20)18-21-13-7-4-8-14-21/h3-16,19H,17-18H2,1-2H3/t19-/m1/s1. The maximum absolute atomic E-state index is 14.5. The smallest absolute Gasteiger partial charge is 0.246 e. The number of amides is 1. The molecule has 162 valence electrons. The number of carbonyl (C=O) groups excluding carboxylic acids is 1. The van der Waals surface area contributed by atoms with E-state index in [1.165, 1.54) is 25.1 Å². The van der Waals surface area contributed by atoms with Crippen LogP contribution in [-0.4, -0.2) is 31.5 Å². The van der Waals surface area contributed by atoms with E-state index in [0.29, 0.717) is 13.1 Å². The van der Waals surface area contributed by atoms with Gasteiger partial charge in [0.05, 0.1) is 11.9 Å². The van der Waals surface area contributed by atoms with Gasteiger partial charge in [-0.3, -0.25) is 9.10 Å². The van der Waals surface area contributed by atoms with Crippen molar-refractivity contribution in [1.29, 1.82) is 0 Å².